The smallest absolute Gasteiger partial charge is 0.399 e. The highest BCUT2D eigenvalue weighted by Gasteiger charge is 2.31. The van der Waals surface area contributed by atoms with Gasteiger partial charge >= 0.3 is 6.16 Å². The normalized spacial score (nSPS) is 12.5. The second-order valence-electron chi connectivity index (χ2n) is 4.96. The third kappa shape index (κ3) is 5.26. The summed E-state index contributed by atoms with van der Waals surface area (Å²) in [7, 11) is 0. The van der Waals surface area contributed by atoms with Crippen molar-refractivity contribution in [2.24, 2.45) is 5.73 Å². The first-order valence-corrected chi connectivity index (χ1v) is 8.06. The van der Waals surface area contributed by atoms with E-state index in [4.69, 9.17) is 15.2 Å². The van der Waals surface area contributed by atoms with Gasteiger partial charge in [-0.1, -0.05) is 30.5 Å². The molecule has 1 unspecified atom stereocenters. The van der Waals surface area contributed by atoms with Crippen LogP contribution in [0.15, 0.2) is 66.1 Å². The number of para-hydroxylation sites is 1. The molecule has 0 saturated carbocycles. The largest absolute Gasteiger partial charge is 0.516 e. The molecule has 0 amide bonds. The highest BCUT2D eigenvalue weighted by atomic mass is 32.2. The van der Waals surface area contributed by atoms with E-state index in [1.165, 1.54) is 30.3 Å². The molecule has 27 heavy (non-hydrogen) atoms. The minimum Gasteiger partial charge on any atom is -0.399 e. The Morgan fingerprint density at radius 3 is 2.30 bits per heavy atom. The van der Waals surface area contributed by atoms with Gasteiger partial charge in [0.1, 0.15) is 5.75 Å². The van der Waals surface area contributed by atoms with Crippen LogP contribution < -0.4 is 10.5 Å². The van der Waals surface area contributed by atoms with E-state index in [2.05, 4.69) is 6.58 Å². The summed E-state index contributed by atoms with van der Waals surface area (Å²) in [6.07, 6.45) is -0.122. The van der Waals surface area contributed by atoms with Crippen molar-refractivity contribution in [3.63, 3.8) is 0 Å². The Bertz CT molecular complexity index is 888. The zero-order valence-electron chi connectivity index (χ0n) is 13.6. The van der Waals surface area contributed by atoms with Gasteiger partial charge in [-0.05, 0) is 24.3 Å². The summed E-state index contributed by atoms with van der Waals surface area (Å²) < 4.78 is 9.92. The fourth-order valence-electron chi connectivity index (χ4n) is 1.85. The van der Waals surface area contributed by atoms with Crippen LogP contribution in [-0.2, 0) is 4.74 Å². The number of carbonyl (C=O) groups excluding carboxylic acids is 1. The van der Waals surface area contributed by atoms with Crippen molar-refractivity contribution in [1.82, 2.24) is 0 Å². The number of carbonyl (C=O) groups is 1. The van der Waals surface area contributed by atoms with E-state index in [1.54, 1.807) is 6.07 Å². The van der Waals surface area contributed by atoms with Crippen molar-refractivity contribution in [2.45, 2.75) is 9.95 Å². The zero-order chi connectivity index (χ0) is 20.0. The van der Waals surface area contributed by atoms with Gasteiger partial charge in [0, 0.05) is 18.2 Å². The highest BCUT2D eigenvalue weighted by molar-refractivity contribution is 8.00. The molecule has 0 aliphatic rings. The SMILES string of the molecule is C=CC(N)(OC(=O)Oc1ccc([N+](=O)[O-])cc1)Sc1ccccc1[N+](=O)[O-]. The van der Waals surface area contributed by atoms with E-state index in [1.807, 2.05) is 0 Å². The fourth-order valence-corrected chi connectivity index (χ4v) is 2.78. The number of ether oxygens (including phenoxy) is 2. The number of non-ortho nitro benzene ring substituents is 1. The molecule has 0 fully saturated rings. The van der Waals surface area contributed by atoms with Crippen molar-refractivity contribution in [2.75, 3.05) is 0 Å². The van der Waals surface area contributed by atoms with Gasteiger partial charge in [0.05, 0.1) is 14.7 Å². The maximum Gasteiger partial charge on any atom is 0.516 e. The fraction of sp³-hybridized carbons (Fsp3) is 0.0625. The quantitative estimate of drug-likeness (QED) is 0.142. The molecule has 10 nitrogen and oxygen atoms in total. The lowest BCUT2D eigenvalue weighted by atomic mass is 10.3. The van der Waals surface area contributed by atoms with Crippen LogP contribution in [0.1, 0.15) is 0 Å². The van der Waals surface area contributed by atoms with Gasteiger partial charge < -0.3 is 9.47 Å². The van der Waals surface area contributed by atoms with Crippen LogP contribution in [0.2, 0.25) is 0 Å². The van der Waals surface area contributed by atoms with Crippen LogP contribution >= 0.6 is 11.8 Å². The first-order chi connectivity index (χ1) is 12.7. The van der Waals surface area contributed by atoms with Crippen LogP contribution in [0.3, 0.4) is 0 Å². The molecule has 0 radical (unpaired) electrons. The van der Waals surface area contributed by atoms with Gasteiger partial charge in [-0.2, -0.15) is 0 Å². The molecule has 2 aromatic carbocycles. The topological polar surface area (TPSA) is 148 Å². The molecule has 0 aromatic heterocycles. The summed E-state index contributed by atoms with van der Waals surface area (Å²) in [4.78, 5) is 32.6. The van der Waals surface area contributed by atoms with E-state index < -0.39 is 21.1 Å². The van der Waals surface area contributed by atoms with Crippen LogP contribution in [0.5, 0.6) is 5.75 Å². The van der Waals surface area contributed by atoms with E-state index in [9.17, 15) is 25.0 Å². The Kier molecular flexibility index (Phi) is 6.11. The molecular weight excluding hydrogens is 378 g/mol. The lowest BCUT2D eigenvalue weighted by Crippen LogP contribution is -2.39. The Balaban J connectivity index is 2.10. The van der Waals surface area contributed by atoms with Gasteiger partial charge in [0.25, 0.3) is 11.4 Å². The summed E-state index contributed by atoms with van der Waals surface area (Å²) in [5.74, 6) is -0.00676. The van der Waals surface area contributed by atoms with Gasteiger partial charge in [0.2, 0.25) is 5.06 Å². The van der Waals surface area contributed by atoms with E-state index in [0.717, 1.165) is 18.2 Å². The average molecular weight is 391 g/mol. The summed E-state index contributed by atoms with van der Waals surface area (Å²) in [5.41, 5.74) is 5.53. The molecule has 0 bridgehead atoms. The predicted molar refractivity (Wildman–Crippen MR) is 96.3 cm³/mol. The molecule has 11 heteroatoms. The number of thioether (sulfide) groups is 1. The molecule has 140 valence electrons. The summed E-state index contributed by atoms with van der Waals surface area (Å²) in [5, 5.41) is 19.8. The number of hydrogen-bond acceptors (Lipinski definition) is 9. The number of benzene rings is 2. The molecule has 0 heterocycles. The molecule has 0 aliphatic carbocycles. The van der Waals surface area contributed by atoms with Crippen molar-refractivity contribution < 1.29 is 24.1 Å². The molecule has 0 saturated heterocycles. The summed E-state index contributed by atoms with van der Waals surface area (Å²) in [6, 6.07) is 10.5. The lowest BCUT2D eigenvalue weighted by Gasteiger charge is -2.24. The van der Waals surface area contributed by atoms with Gasteiger partial charge in [-0.3, -0.25) is 26.0 Å². The third-order valence-electron chi connectivity index (χ3n) is 3.11. The Labute approximate surface area is 156 Å². The minimum atomic E-state index is -1.84. The van der Waals surface area contributed by atoms with Crippen molar-refractivity contribution in [3.05, 3.63) is 81.4 Å². The number of nitrogens with two attached hydrogens (primary N) is 1. The monoisotopic (exact) mass is 391 g/mol. The van der Waals surface area contributed by atoms with Crippen LogP contribution in [0.4, 0.5) is 16.2 Å². The molecule has 2 N–H and O–H groups in total. The lowest BCUT2D eigenvalue weighted by molar-refractivity contribution is -0.387. The average Bonchev–Trinajstić information content (AvgIpc) is 2.62. The van der Waals surface area contributed by atoms with Gasteiger partial charge in [-0.25, -0.2) is 4.79 Å². The van der Waals surface area contributed by atoms with E-state index in [0.29, 0.717) is 11.8 Å². The molecule has 0 aliphatic heterocycles. The van der Waals surface area contributed by atoms with E-state index >= 15 is 0 Å². The third-order valence-corrected chi connectivity index (χ3v) is 4.24. The van der Waals surface area contributed by atoms with Crippen molar-refractivity contribution in [3.8, 4) is 5.75 Å². The molecule has 1 atom stereocenters. The van der Waals surface area contributed by atoms with Crippen LogP contribution in [-0.4, -0.2) is 21.1 Å². The second-order valence-corrected chi connectivity index (χ2v) is 6.24. The first-order valence-electron chi connectivity index (χ1n) is 7.24. The van der Waals surface area contributed by atoms with Crippen LogP contribution in [0.25, 0.3) is 0 Å². The summed E-state index contributed by atoms with van der Waals surface area (Å²) in [6.45, 7) is 3.47. The maximum atomic E-state index is 12.0. The molecular formula is C16H13N3O7S. The highest BCUT2D eigenvalue weighted by Crippen LogP contribution is 2.37. The minimum absolute atomic E-state index is 0.00676. The second kappa shape index (κ2) is 8.29. The number of nitro groups is 2. The number of rotatable bonds is 7. The van der Waals surface area contributed by atoms with Crippen molar-refractivity contribution >= 4 is 29.3 Å². The van der Waals surface area contributed by atoms with Crippen LogP contribution in [0, 0.1) is 20.2 Å². The predicted octanol–water partition coefficient (Wildman–Crippen LogP) is 3.61. The van der Waals surface area contributed by atoms with Gasteiger partial charge in [0.15, 0.2) is 0 Å². The molecule has 2 aromatic rings. The number of hydrogen-bond donors (Lipinski definition) is 1. The first kappa shape index (κ1) is 19.9. The molecule has 2 rings (SSSR count). The number of nitrogens with zero attached hydrogens (tertiary/aromatic N) is 2. The van der Waals surface area contributed by atoms with Gasteiger partial charge in [-0.15, -0.1) is 0 Å². The summed E-state index contributed by atoms with van der Waals surface area (Å²) >= 11 is 0.697. The Hall–Kier alpha value is -3.44. The standard InChI is InChI=1S/C16H13N3O7S/c1-2-16(17,27-14-6-4-3-5-13(14)19(23)24)26-15(20)25-12-9-7-11(8-10-12)18(21)22/h2-10H,1,17H2. The van der Waals surface area contributed by atoms with E-state index in [-0.39, 0.29) is 22.0 Å². The molecule has 0 spiro atoms. The maximum absolute atomic E-state index is 12.0. The number of nitro benzene ring substituents is 2. The van der Waals surface area contributed by atoms with Crippen molar-refractivity contribution in [1.29, 1.82) is 0 Å². The Morgan fingerprint density at radius 1 is 1.11 bits per heavy atom. The zero-order valence-corrected chi connectivity index (χ0v) is 14.5. The Morgan fingerprint density at radius 2 is 1.74 bits per heavy atom.